The number of nitrogens with two attached hydrogens (primary N) is 1. The monoisotopic (exact) mass is 384 g/mol. The average Bonchev–Trinajstić information content (AvgIpc) is 2.72. The predicted molar refractivity (Wildman–Crippen MR) is 109 cm³/mol. The fraction of sp³-hybridized carbons (Fsp3) is 0.409. The number of anilines is 1. The largest absolute Gasteiger partial charge is 0.492 e. The molecule has 0 unspecified atom stereocenters. The van der Waals surface area contributed by atoms with Crippen LogP contribution in [0.5, 0.6) is 17.2 Å². The van der Waals surface area contributed by atoms with Crippen molar-refractivity contribution in [1.82, 2.24) is 4.90 Å². The van der Waals surface area contributed by atoms with E-state index in [1.165, 1.54) is 0 Å². The van der Waals surface area contributed by atoms with Crippen LogP contribution >= 0.6 is 0 Å². The van der Waals surface area contributed by atoms with E-state index in [2.05, 4.69) is 4.90 Å². The maximum atomic E-state index is 11.8. The highest BCUT2D eigenvalue weighted by molar-refractivity contribution is 5.72. The Bertz CT molecular complexity index is 755. The van der Waals surface area contributed by atoms with Gasteiger partial charge in [-0.15, -0.1) is 0 Å². The Kier molecular flexibility index (Phi) is 7.14. The summed E-state index contributed by atoms with van der Waals surface area (Å²) in [7, 11) is 0. The Labute approximate surface area is 166 Å². The third-order valence-corrected chi connectivity index (χ3v) is 4.85. The number of rotatable bonds is 8. The summed E-state index contributed by atoms with van der Waals surface area (Å²) in [4.78, 5) is 14.1. The molecule has 0 radical (unpaired) electrons. The highest BCUT2D eigenvalue weighted by Crippen LogP contribution is 2.28. The van der Waals surface area contributed by atoms with Gasteiger partial charge in [0.15, 0.2) is 0 Å². The van der Waals surface area contributed by atoms with Crippen molar-refractivity contribution in [1.29, 1.82) is 0 Å². The van der Waals surface area contributed by atoms with E-state index < -0.39 is 0 Å². The van der Waals surface area contributed by atoms with E-state index in [0.29, 0.717) is 30.4 Å². The molecule has 2 aromatic carbocycles. The minimum Gasteiger partial charge on any atom is -0.492 e. The number of nitrogen functional groups attached to an aromatic ring is 1. The molecule has 0 amide bonds. The summed E-state index contributed by atoms with van der Waals surface area (Å²) in [6, 6.07) is 14.9. The summed E-state index contributed by atoms with van der Waals surface area (Å²) < 4.78 is 16.7. The molecule has 0 spiro atoms. The van der Waals surface area contributed by atoms with Crippen molar-refractivity contribution < 1.29 is 19.0 Å². The summed E-state index contributed by atoms with van der Waals surface area (Å²) in [5.74, 6) is 2.14. The maximum absolute atomic E-state index is 11.8. The van der Waals surface area contributed by atoms with Crippen LogP contribution in [0.3, 0.4) is 0 Å². The smallest absolute Gasteiger partial charge is 0.309 e. The molecule has 6 heteroatoms. The summed E-state index contributed by atoms with van der Waals surface area (Å²) in [6.45, 7) is 5.55. The van der Waals surface area contributed by atoms with Crippen molar-refractivity contribution in [2.75, 3.05) is 38.6 Å². The zero-order chi connectivity index (χ0) is 19.8. The Balaban J connectivity index is 1.39. The number of piperidine rings is 1. The summed E-state index contributed by atoms with van der Waals surface area (Å²) in [6.07, 6.45) is 1.71. The van der Waals surface area contributed by atoms with Crippen LogP contribution in [0.1, 0.15) is 19.8 Å². The fourth-order valence-corrected chi connectivity index (χ4v) is 3.25. The molecule has 2 N–H and O–H groups in total. The predicted octanol–water partition coefficient (Wildman–Crippen LogP) is 3.72. The highest BCUT2D eigenvalue weighted by Gasteiger charge is 2.25. The van der Waals surface area contributed by atoms with Gasteiger partial charge in [-0.2, -0.15) is 0 Å². The minimum absolute atomic E-state index is 0.0447. The first-order chi connectivity index (χ1) is 13.7. The van der Waals surface area contributed by atoms with Crippen molar-refractivity contribution >= 4 is 11.7 Å². The molecule has 0 saturated carbocycles. The van der Waals surface area contributed by atoms with Crippen molar-refractivity contribution in [3.8, 4) is 17.2 Å². The number of hydrogen-bond acceptors (Lipinski definition) is 6. The fourth-order valence-electron chi connectivity index (χ4n) is 3.25. The van der Waals surface area contributed by atoms with E-state index in [1.54, 1.807) is 0 Å². The molecule has 0 bridgehead atoms. The Morgan fingerprint density at radius 1 is 1.07 bits per heavy atom. The van der Waals surface area contributed by atoms with Crippen LogP contribution in [0.4, 0.5) is 5.69 Å². The van der Waals surface area contributed by atoms with Gasteiger partial charge in [-0.3, -0.25) is 9.69 Å². The van der Waals surface area contributed by atoms with Gasteiger partial charge in [0.1, 0.15) is 23.9 Å². The molecule has 1 aliphatic rings. The highest BCUT2D eigenvalue weighted by atomic mass is 16.5. The first kappa shape index (κ1) is 20.0. The van der Waals surface area contributed by atoms with Crippen LogP contribution in [-0.4, -0.2) is 43.7 Å². The molecular weight excluding hydrogens is 356 g/mol. The molecule has 1 fully saturated rings. The lowest BCUT2D eigenvalue weighted by Gasteiger charge is -2.30. The second-order valence-corrected chi connectivity index (χ2v) is 6.83. The molecule has 0 aliphatic carbocycles. The molecule has 3 rings (SSSR count). The first-order valence-corrected chi connectivity index (χ1v) is 9.80. The molecular formula is C22H28N2O4. The van der Waals surface area contributed by atoms with Crippen LogP contribution in [0.2, 0.25) is 0 Å². The van der Waals surface area contributed by atoms with Crippen LogP contribution in [0.15, 0.2) is 48.5 Å². The molecule has 1 heterocycles. The molecule has 2 aromatic rings. The second-order valence-electron chi connectivity index (χ2n) is 6.83. The van der Waals surface area contributed by atoms with Gasteiger partial charge in [0.05, 0.1) is 18.2 Å². The summed E-state index contributed by atoms with van der Waals surface area (Å²) >= 11 is 0. The Hall–Kier alpha value is -2.73. The Morgan fingerprint density at radius 3 is 2.43 bits per heavy atom. The number of nitrogens with zero attached hydrogens (tertiary/aromatic N) is 1. The number of para-hydroxylation sites is 2. The molecule has 1 saturated heterocycles. The van der Waals surface area contributed by atoms with Gasteiger partial charge in [-0.1, -0.05) is 12.1 Å². The van der Waals surface area contributed by atoms with Gasteiger partial charge in [0.25, 0.3) is 0 Å². The lowest BCUT2D eigenvalue weighted by Crippen LogP contribution is -2.39. The van der Waals surface area contributed by atoms with Crippen LogP contribution < -0.4 is 15.2 Å². The van der Waals surface area contributed by atoms with Crippen molar-refractivity contribution in [2.24, 2.45) is 5.92 Å². The molecule has 28 heavy (non-hydrogen) atoms. The molecule has 6 nitrogen and oxygen atoms in total. The molecule has 0 aromatic heterocycles. The zero-order valence-electron chi connectivity index (χ0n) is 16.3. The van der Waals surface area contributed by atoms with Crippen LogP contribution in [0.25, 0.3) is 0 Å². The minimum atomic E-state index is -0.0574. The third-order valence-electron chi connectivity index (χ3n) is 4.85. The van der Waals surface area contributed by atoms with Gasteiger partial charge in [-0.25, -0.2) is 0 Å². The third kappa shape index (κ3) is 5.63. The number of hydrogen-bond donors (Lipinski definition) is 1. The SMILES string of the molecule is CCOC(=O)C1CCN(CCOc2ccc(Oc3ccccc3N)cc2)CC1. The quantitative estimate of drug-likeness (QED) is 0.552. The summed E-state index contributed by atoms with van der Waals surface area (Å²) in [5, 5.41) is 0. The number of benzene rings is 2. The second kappa shape index (κ2) is 9.99. The number of carbonyl (C=O) groups excluding carboxylic acids is 1. The lowest BCUT2D eigenvalue weighted by atomic mass is 9.97. The number of ether oxygens (including phenoxy) is 3. The lowest BCUT2D eigenvalue weighted by molar-refractivity contribution is -0.149. The zero-order valence-corrected chi connectivity index (χ0v) is 16.3. The molecule has 1 aliphatic heterocycles. The first-order valence-electron chi connectivity index (χ1n) is 9.80. The van der Waals surface area contributed by atoms with Gasteiger partial charge >= 0.3 is 5.97 Å². The van der Waals surface area contributed by atoms with Crippen LogP contribution in [-0.2, 0) is 9.53 Å². The van der Waals surface area contributed by atoms with Crippen LogP contribution in [0, 0.1) is 5.92 Å². The molecule has 0 atom stereocenters. The van der Waals surface area contributed by atoms with Gasteiger partial charge in [0, 0.05) is 6.54 Å². The topological polar surface area (TPSA) is 74.0 Å². The van der Waals surface area contributed by atoms with Crippen molar-refractivity contribution in [2.45, 2.75) is 19.8 Å². The number of esters is 1. The summed E-state index contributed by atoms with van der Waals surface area (Å²) in [5.41, 5.74) is 6.50. The normalized spacial score (nSPS) is 15.2. The van der Waals surface area contributed by atoms with E-state index in [0.717, 1.165) is 38.2 Å². The van der Waals surface area contributed by atoms with Gasteiger partial charge in [0.2, 0.25) is 0 Å². The van der Waals surface area contributed by atoms with Crippen molar-refractivity contribution in [3.05, 3.63) is 48.5 Å². The van der Waals surface area contributed by atoms with E-state index in [1.807, 2.05) is 55.5 Å². The number of carbonyl (C=O) groups is 1. The van der Waals surface area contributed by atoms with Gasteiger partial charge < -0.3 is 19.9 Å². The maximum Gasteiger partial charge on any atom is 0.309 e. The van der Waals surface area contributed by atoms with E-state index >= 15 is 0 Å². The molecule has 150 valence electrons. The number of likely N-dealkylation sites (tertiary alicyclic amines) is 1. The average molecular weight is 384 g/mol. The van der Waals surface area contributed by atoms with E-state index in [4.69, 9.17) is 19.9 Å². The van der Waals surface area contributed by atoms with E-state index in [9.17, 15) is 4.79 Å². The van der Waals surface area contributed by atoms with Gasteiger partial charge in [-0.05, 0) is 69.3 Å². The van der Waals surface area contributed by atoms with E-state index in [-0.39, 0.29) is 11.9 Å². The Morgan fingerprint density at radius 2 is 1.75 bits per heavy atom. The van der Waals surface area contributed by atoms with Crippen molar-refractivity contribution in [3.63, 3.8) is 0 Å². The standard InChI is InChI=1S/C22H28N2O4/c1-2-26-22(25)17-11-13-24(14-12-17)15-16-27-18-7-9-19(10-8-18)28-21-6-4-3-5-20(21)23/h3-10,17H,2,11-16,23H2,1H3.